The summed E-state index contributed by atoms with van der Waals surface area (Å²) >= 11 is 0. The van der Waals surface area contributed by atoms with Crippen LogP contribution in [0.2, 0.25) is 0 Å². The van der Waals surface area contributed by atoms with Gasteiger partial charge >= 0.3 is 0 Å². The number of rotatable bonds is 19. The molecule has 0 aromatic heterocycles. The van der Waals surface area contributed by atoms with E-state index < -0.39 is 0 Å². The van der Waals surface area contributed by atoms with Gasteiger partial charge in [-0.2, -0.15) is 0 Å². The molecule has 6 heteroatoms. The molecular formula is C41H56BrN3O2. The van der Waals surface area contributed by atoms with Crippen LogP contribution in [0, 0.1) is 6.20 Å². The second-order valence-corrected chi connectivity index (χ2v) is 13.9. The van der Waals surface area contributed by atoms with E-state index in [4.69, 9.17) is 4.74 Å². The molecule has 2 aromatic carbocycles. The van der Waals surface area contributed by atoms with E-state index in [2.05, 4.69) is 74.1 Å². The fourth-order valence-corrected chi connectivity index (χ4v) is 6.12. The Hall–Kier alpha value is -3.21. The predicted octanol–water partition coefficient (Wildman–Crippen LogP) is 7.61. The summed E-state index contributed by atoms with van der Waals surface area (Å²) in [5, 5.41) is 0. The van der Waals surface area contributed by atoms with Gasteiger partial charge in [0.15, 0.2) is 6.20 Å². The summed E-state index contributed by atoms with van der Waals surface area (Å²) in [4.78, 5) is 21.2. The largest absolute Gasteiger partial charge is 1.00 e. The van der Waals surface area contributed by atoms with E-state index in [0.717, 1.165) is 47.1 Å². The number of carbonyl (C=O) groups is 1. The van der Waals surface area contributed by atoms with E-state index in [-0.39, 0.29) is 28.3 Å². The summed E-state index contributed by atoms with van der Waals surface area (Å²) in [6, 6.07) is 14.7. The van der Waals surface area contributed by atoms with Crippen molar-refractivity contribution in [2.45, 2.75) is 130 Å². The van der Waals surface area contributed by atoms with Gasteiger partial charge in [0.1, 0.15) is 5.75 Å². The third kappa shape index (κ3) is 12.1. The fraction of sp³-hybridized carbons (Fsp3) is 0.512. The van der Waals surface area contributed by atoms with E-state index in [9.17, 15) is 4.79 Å². The summed E-state index contributed by atoms with van der Waals surface area (Å²) in [6.07, 6.45) is 27.9. The van der Waals surface area contributed by atoms with Crippen molar-refractivity contribution in [3.8, 4) is 5.75 Å². The van der Waals surface area contributed by atoms with Gasteiger partial charge in [0.25, 0.3) is 0 Å². The minimum Gasteiger partial charge on any atom is -1.00 e. The Labute approximate surface area is 295 Å². The number of amidine groups is 1. The third-order valence-electron chi connectivity index (χ3n) is 8.88. The lowest BCUT2D eigenvalue weighted by molar-refractivity contribution is -0.116. The molecule has 2 aliphatic heterocycles. The number of ether oxygens (including phenoxy) is 1. The maximum Gasteiger partial charge on any atom is 0.247 e. The van der Waals surface area contributed by atoms with Gasteiger partial charge in [-0.05, 0) is 64.9 Å². The number of unbranched alkanes of at least 4 members (excludes halogenated alkanes) is 11. The highest BCUT2D eigenvalue weighted by Gasteiger charge is 2.28. The van der Waals surface area contributed by atoms with Crippen molar-refractivity contribution in [1.82, 2.24) is 4.90 Å². The Balaban J connectivity index is 0.00000600. The first-order chi connectivity index (χ1) is 22.3. The van der Waals surface area contributed by atoms with Crippen molar-refractivity contribution in [3.63, 3.8) is 0 Å². The van der Waals surface area contributed by atoms with Crippen LogP contribution in [0.3, 0.4) is 0 Å². The quantitative estimate of drug-likeness (QED) is 0.112. The Morgan fingerprint density at radius 2 is 1.47 bits per heavy atom. The standard InChI is InChI=1S/C41H56N3O2.BrH/c1-6-7-8-9-10-11-12-13-14-15-16-19-28-46-39-26-23-35(29-38(39)41(3,4)5)32-44(33(2)45)36-24-21-34(22-25-36)30-40-42-31-37-20-17-18-27-43(37)40;/h17-18,20-27,29H,6-16,19,28,30,32H2,1-5H3;1H/q+1;/p-1. The lowest BCUT2D eigenvalue weighted by atomic mass is 9.85. The van der Waals surface area contributed by atoms with E-state index >= 15 is 0 Å². The summed E-state index contributed by atoms with van der Waals surface area (Å²) in [7, 11) is 0. The minimum atomic E-state index is -0.0704. The molecule has 0 spiro atoms. The highest BCUT2D eigenvalue weighted by atomic mass is 79.9. The molecular weight excluding hydrogens is 646 g/mol. The number of benzene rings is 2. The van der Waals surface area contributed by atoms with Crippen LogP contribution in [-0.4, -0.2) is 23.2 Å². The Morgan fingerprint density at radius 3 is 2.09 bits per heavy atom. The second-order valence-electron chi connectivity index (χ2n) is 13.9. The summed E-state index contributed by atoms with van der Waals surface area (Å²) in [6.45, 7) is 11.9. The molecule has 4 rings (SSSR count). The number of amides is 1. The zero-order valence-corrected chi connectivity index (χ0v) is 31.1. The van der Waals surface area contributed by atoms with Crippen molar-refractivity contribution in [3.05, 3.63) is 95.5 Å². The molecule has 0 aliphatic carbocycles. The van der Waals surface area contributed by atoms with Crippen LogP contribution in [0.1, 0.15) is 128 Å². The summed E-state index contributed by atoms with van der Waals surface area (Å²) in [5.74, 6) is 1.93. The molecule has 2 aromatic rings. The number of carbonyl (C=O) groups excluding carboxylic acids is 1. The van der Waals surface area contributed by atoms with Gasteiger partial charge in [-0.25, -0.2) is 4.90 Å². The molecule has 0 N–H and O–H groups in total. The zero-order chi connectivity index (χ0) is 32.8. The van der Waals surface area contributed by atoms with Crippen LogP contribution in [0.25, 0.3) is 0 Å². The molecule has 254 valence electrons. The van der Waals surface area contributed by atoms with Gasteiger partial charge in [-0.3, -0.25) is 4.79 Å². The van der Waals surface area contributed by atoms with Gasteiger partial charge in [-0.1, -0.05) is 122 Å². The molecule has 47 heavy (non-hydrogen) atoms. The fourth-order valence-electron chi connectivity index (χ4n) is 6.12. The Bertz CT molecular complexity index is 1380. The molecule has 0 radical (unpaired) electrons. The summed E-state index contributed by atoms with van der Waals surface area (Å²) in [5.41, 5.74) is 5.21. The van der Waals surface area contributed by atoms with Crippen LogP contribution < -0.4 is 26.6 Å². The van der Waals surface area contributed by atoms with Crippen molar-refractivity contribution >= 4 is 17.4 Å². The maximum absolute atomic E-state index is 12.8. The molecule has 0 fully saturated rings. The SMILES string of the molecule is CCCCCCCCCCCCCCOc1ccc(CN(C(C)=O)c2ccc(CC3=N[C+]=C4C=CC=CN43)cc2)cc1C(C)(C)C.[Br-]. The zero-order valence-electron chi connectivity index (χ0n) is 29.5. The molecule has 0 saturated heterocycles. The monoisotopic (exact) mass is 701 g/mol. The molecule has 1 amide bonds. The van der Waals surface area contributed by atoms with Crippen LogP contribution in [0.5, 0.6) is 5.75 Å². The van der Waals surface area contributed by atoms with Crippen LogP contribution in [0.15, 0.2) is 77.6 Å². The second kappa shape index (κ2) is 19.6. The number of fused-ring (bicyclic) bond motifs is 1. The number of allylic oxidation sites excluding steroid dienone is 3. The van der Waals surface area contributed by atoms with Crippen LogP contribution in [-0.2, 0) is 23.2 Å². The lowest BCUT2D eigenvalue weighted by Crippen LogP contribution is -3.00. The number of nitrogens with zero attached hydrogens (tertiary/aromatic N) is 3. The molecule has 5 nitrogen and oxygen atoms in total. The average molecular weight is 703 g/mol. The number of halogens is 1. The summed E-state index contributed by atoms with van der Waals surface area (Å²) < 4.78 is 6.34. The lowest BCUT2D eigenvalue weighted by Gasteiger charge is -2.26. The van der Waals surface area contributed by atoms with Crippen molar-refractivity contribution in [2.24, 2.45) is 4.99 Å². The molecule has 2 aliphatic rings. The van der Waals surface area contributed by atoms with E-state index in [0.29, 0.717) is 13.0 Å². The Kier molecular flexibility index (Phi) is 15.9. The molecule has 0 unspecified atom stereocenters. The average Bonchev–Trinajstić information content (AvgIpc) is 3.45. The van der Waals surface area contributed by atoms with Gasteiger partial charge in [0.05, 0.1) is 25.6 Å². The van der Waals surface area contributed by atoms with E-state index in [1.807, 2.05) is 41.5 Å². The molecule has 2 heterocycles. The van der Waals surface area contributed by atoms with Crippen molar-refractivity contribution in [1.29, 1.82) is 0 Å². The Morgan fingerprint density at radius 1 is 0.851 bits per heavy atom. The predicted molar refractivity (Wildman–Crippen MR) is 193 cm³/mol. The highest BCUT2D eigenvalue weighted by molar-refractivity contribution is 5.92. The normalized spacial score (nSPS) is 13.4. The highest BCUT2D eigenvalue weighted by Crippen LogP contribution is 2.33. The topological polar surface area (TPSA) is 45.1 Å². The first kappa shape index (κ1) is 38.2. The van der Waals surface area contributed by atoms with Gasteiger partial charge in [0.2, 0.25) is 17.4 Å². The van der Waals surface area contributed by atoms with Crippen molar-refractivity contribution < 1.29 is 26.5 Å². The van der Waals surface area contributed by atoms with E-state index in [1.165, 1.54) is 76.2 Å². The number of hydrogen-bond donors (Lipinski definition) is 0. The van der Waals surface area contributed by atoms with E-state index in [1.54, 1.807) is 6.92 Å². The number of anilines is 1. The smallest absolute Gasteiger partial charge is 0.247 e. The molecule has 0 bridgehead atoms. The van der Waals surface area contributed by atoms with Crippen molar-refractivity contribution in [2.75, 3.05) is 11.5 Å². The first-order valence-corrected chi connectivity index (χ1v) is 17.7. The van der Waals surface area contributed by atoms with Crippen LogP contribution in [0.4, 0.5) is 5.69 Å². The molecule has 0 atom stereocenters. The minimum absolute atomic E-state index is 0. The molecule has 0 saturated carbocycles. The number of hydrogen-bond acceptors (Lipinski definition) is 4. The van der Waals surface area contributed by atoms with Gasteiger partial charge in [0, 0.05) is 18.8 Å². The number of aliphatic imine (C=N–C) groups is 1. The third-order valence-corrected chi connectivity index (χ3v) is 8.88. The van der Waals surface area contributed by atoms with Gasteiger partial charge < -0.3 is 26.6 Å². The first-order valence-electron chi connectivity index (χ1n) is 17.7. The van der Waals surface area contributed by atoms with Crippen LogP contribution >= 0.6 is 0 Å². The maximum atomic E-state index is 12.8. The van der Waals surface area contributed by atoms with Gasteiger partial charge in [-0.15, -0.1) is 0 Å².